The second-order valence-electron chi connectivity index (χ2n) is 4.58. The van der Waals surface area contributed by atoms with Crippen LogP contribution in [-0.4, -0.2) is 6.10 Å². The summed E-state index contributed by atoms with van der Waals surface area (Å²) in [6, 6.07) is 13.6. The summed E-state index contributed by atoms with van der Waals surface area (Å²) < 4.78 is 5.78. The minimum atomic E-state index is 0.405. The largest absolute Gasteiger partial charge is 0.490 e. The first-order chi connectivity index (χ1) is 8.72. The monoisotopic (exact) mass is 259 g/mol. The smallest absolute Gasteiger partial charge is 0.120 e. The van der Waals surface area contributed by atoms with Gasteiger partial charge in [-0.05, 0) is 42.7 Å². The van der Waals surface area contributed by atoms with Crippen molar-refractivity contribution < 1.29 is 4.74 Å². The lowest BCUT2D eigenvalue weighted by molar-refractivity contribution is 0.303. The van der Waals surface area contributed by atoms with Crippen LogP contribution < -0.4 is 10.5 Å². The van der Waals surface area contributed by atoms with Crippen LogP contribution in [0.1, 0.15) is 12.8 Å². The van der Waals surface area contributed by atoms with E-state index in [1.54, 1.807) is 6.07 Å². The zero-order valence-corrected chi connectivity index (χ0v) is 10.7. The molecule has 0 unspecified atom stereocenters. The first-order valence-electron chi connectivity index (χ1n) is 6.04. The van der Waals surface area contributed by atoms with Gasteiger partial charge in [0, 0.05) is 11.3 Å². The summed E-state index contributed by atoms with van der Waals surface area (Å²) in [7, 11) is 0. The molecule has 18 heavy (non-hydrogen) atoms. The Balaban J connectivity index is 1.94. The standard InChI is InChI=1S/C15H14ClNO/c16-15-9-11(17)4-7-14(15)10-2-1-3-13(8-10)18-12-5-6-12/h1-4,7-9,12H,5-6,17H2. The van der Waals surface area contributed by atoms with E-state index in [-0.39, 0.29) is 0 Å². The molecule has 0 saturated heterocycles. The fourth-order valence-corrected chi connectivity index (χ4v) is 2.18. The first kappa shape index (κ1) is 11.4. The molecule has 1 fully saturated rings. The summed E-state index contributed by atoms with van der Waals surface area (Å²) in [5.74, 6) is 0.905. The summed E-state index contributed by atoms with van der Waals surface area (Å²) in [6.07, 6.45) is 2.72. The third-order valence-electron chi connectivity index (χ3n) is 2.97. The Hall–Kier alpha value is -1.67. The first-order valence-corrected chi connectivity index (χ1v) is 6.42. The maximum atomic E-state index is 6.21. The van der Waals surface area contributed by atoms with E-state index in [1.165, 1.54) is 0 Å². The lowest BCUT2D eigenvalue weighted by atomic mass is 10.1. The van der Waals surface area contributed by atoms with Crippen molar-refractivity contribution in [2.45, 2.75) is 18.9 Å². The molecule has 0 atom stereocenters. The molecule has 0 heterocycles. The van der Waals surface area contributed by atoms with E-state index in [0.29, 0.717) is 16.8 Å². The maximum Gasteiger partial charge on any atom is 0.120 e. The van der Waals surface area contributed by atoms with E-state index in [4.69, 9.17) is 22.1 Å². The van der Waals surface area contributed by atoms with Gasteiger partial charge in [-0.25, -0.2) is 0 Å². The van der Waals surface area contributed by atoms with Gasteiger partial charge < -0.3 is 10.5 Å². The summed E-state index contributed by atoms with van der Waals surface area (Å²) in [6.45, 7) is 0. The van der Waals surface area contributed by atoms with Gasteiger partial charge in [-0.3, -0.25) is 0 Å². The lowest BCUT2D eigenvalue weighted by Crippen LogP contribution is -1.95. The third-order valence-corrected chi connectivity index (χ3v) is 3.28. The van der Waals surface area contributed by atoms with E-state index in [2.05, 4.69) is 0 Å². The van der Waals surface area contributed by atoms with E-state index in [0.717, 1.165) is 29.7 Å². The molecule has 0 bridgehead atoms. The van der Waals surface area contributed by atoms with Gasteiger partial charge in [0.2, 0.25) is 0 Å². The number of nitrogen functional groups attached to an aromatic ring is 1. The Labute approximate surface area is 111 Å². The Morgan fingerprint density at radius 1 is 1.11 bits per heavy atom. The van der Waals surface area contributed by atoms with Crippen molar-refractivity contribution in [3.05, 3.63) is 47.5 Å². The molecule has 0 aromatic heterocycles. The van der Waals surface area contributed by atoms with Crippen LogP contribution in [0.3, 0.4) is 0 Å². The summed E-state index contributed by atoms with van der Waals surface area (Å²) in [5.41, 5.74) is 8.41. The minimum Gasteiger partial charge on any atom is -0.490 e. The number of halogens is 1. The van der Waals surface area contributed by atoms with Crippen LogP contribution in [0.2, 0.25) is 5.02 Å². The van der Waals surface area contributed by atoms with Gasteiger partial charge in [0.05, 0.1) is 11.1 Å². The molecule has 0 spiro atoms. The molecule has 92 valence electrons. The third kappa shape index (κ3) is 2.44. The molecule has 0 amide bonds. The van der Waals surface area contributed by atoms with Gasteiger partial charge in [-0.1, -0.05) is 29.8 Å². The van der Waals surface area contributed by atoms with Crippen molar-refractivity contribution in [2.24, 2.45) is 0 Å². The zero-order valence-electron chi connectivity index (χ0n) is 9.90. The predicted octanol–water partition coefficient (Wildman–Crippen LogP) is 4.13. The minimum absolute atomic E-state index is 0.405. The van der Waals surface area contributed by atoms with E-state index in [1.807, 2.05) is 36.4 Å². The fraction of sp³-hybridized carbons (Fsp3) is 0.200. The average molecular weight is 260 g/mol. The SMILES string of the molecule is Nc1ccc(-c2cccc(OC3CC3)c2)c(Cl)c1. The number of benzene rings is 2. The molecular formula is C15H14ClNO. The Morgan fingerprint density at radius 2 is 1.94 bits per heavy atom. The number of anilines is 1. The molecule has 1 aliphatic carbocycles. The number of hydrogen-bond acceptors (Lipinski definition) is 2. The topological polar surface area (TPSA) is 35.2 Å². The Bertz CT molecular complexity index is 578. The van der Waals surface area contributed by atoms with Gasteiger partial charge in [0.25, 0.3) is 0 Å². The molecule has 2 aromatic rings. The highest BCUT2D eigenvalue weighted by molar-refractivity contribution is 6.33. The highest BCUT2D eigenvalue weighted by Gasteiger charge is 2.23. The van der Waals surface area contributed by atoms with Gasteiger partial charge in [-0.2, -0.15) is 0 Å². The number of nitrogens with two attached hydrogens (primary N) is 1. The van der Waals surface area contributed by atoms with Crippen LogP contribution in [0.15, 0.2) is 42.5 Å². The van der Waals surface area contributed by atoms with Crippen molar-refractivity contribution in [3.8, 4) is 16.9 Å². The number of ether oxygens (including phenoxy) is 1. The molecule has 1 saturated carbocycles. The molecule has 1 aliphatic rings. The van der Waals surface area contributed by atoms with Gasteiger partial charge in [0.1, 0.15) is 5.75 Å². The molecule has 2 nitrogen and oxygen atoms in total. The van der Waals surface area contributed by atoms with Crippen LogP contribution in [-0.2, 0) is 0 Å². The van der Waals surface area contributed by atoms with E-state index >= 15 is 0 Å². The highest BCUT2D eigenvalue weighted by atomic mass is 35.5. The second kappa shape index (κ2) is 4.54. The quantitative estimate of drug-likeness (QED) is 0.841. The fourth-order valence-electron chi connectivity index (χ4n) is 1.88. The summed E-state index contributed by atoms with van der Waals surface area (Å²) in [4.78, 5) is 0. The van der Waals surface area contributed by atoms with Crippen LogP contribution in [0.5, 0.6) is 5.75 Å². The normalized spacial score (nSPS) is 14.5. The van der Waals surface area contributed by atoms with Crippen LogP contribution in [0.4, 0.5) is 5.69 Å². The van der Waals surface area contributed by atoms with Crippen LogP contribution in [0, 0.1) is 0 Å². The maximum absolute atomic E-state index is 6.21. The summed E-state index contributed by atoms with van der Waals surface area (Å²) >= 11 is 6.21. The molecule has 3 heteroatoms. The molecule has 2 aromatic carbocycles. The van der Waals surface area contributed by atoms with E-state index < -0.39 is 0 Å². The Kier molecular flexibility index (Phi) is 2.88. The van der Waals surface area contributed by atoms with Crippen LogP contribution >= 0.6 is 11.6 Å². The predicted molar refractivity (Wildman–Crippen MR) is 75.0 cm³/mol. The van der Waals surface area contributed by atoms with Gasteiger partial charge in [0.15, 0.2) is 0 Å². The average Bonchev–Trinajstić information content (AvgIpc) is 3.13. The zero-order chi connectivity index (χ0) is 12.5. The van der Waals surface area contributed by atoms with Crippen molar-refractivity contribution in [1.29, 1.82) is 0 Å². The van der Waals surface area contributed by atoms with Crippen LogP contribution in [0.25, 0.3) is 11.1 Å². The summed E-state index contributed by atoms with van der Waals surface area (Å²) in [5, 5.41) is 0.665. The van der Waals surface area contributed by atoms with Crippen molar-refractivity contribution >= 4 is 17.3 Å². The molecule has 0 aliphatic heterocycles. The Morgan fingerprint density at radius 3 is 2.67 bits per heavy atom. The second-order valence-corrected chi connectivity index (χ2v) is 4.99. The molecule has 0 radical (unpaired) electrons. The van der Waals surface area contributed by atoms with Crippen molar-refractivity contribution in [3.63, 3.8) is 0 Å². The van der Waals surface area contributed by atoms with Crippen molar-refractivity contribution in [2.75, 3.05) is 5.73 Å². The number of rotatable bonds is 3. The van der Waals surface area contributed by atoms with E-state index in [9.17, 15) is 0 Å². The highest BCUT2D eigenvalue weighted by Crippen LogP contribution is 2.33. The molecule has 2 N–H and O–H groups in total. The number of hydrogen-bond donors (Lipinski definition) is 1. The van der Waals surface area contributed by atoms with Gasteiger partial charge in [-0.15, -0.1) is 0 Å². The molecular weight excluding hydrogens is 246 g/mol. The molecule has 3 rings (SSSR count). The van der Waals surface area contributed by atoms with Gasteiger partial charge >= 0.3 is 0 Å². The van der Waals surface area contributed by atoms with Crippen molar-refractivity contribution in [1.82, 2.24) is 0 Å². The lowest BCUT2D eigenvalue weighted by Gasteiger charge is -2.09.